The lowest BCUT2D eigenvalue weighted by molar-refractivity contribution is 0.625. The van der Waals surface area contributed by atoms with Crippen molar-refractivity contribution in [2.24, 2.45) is 0 Å². The first-order valence-electron chi connectivity index (χ1n) is 8.40. The molecule has 0 aliphatic rings. The van der Waals surface area contributed by atoms with E-state index in [9.17, 15) is 4.39 Å². The standard InChI is InChI=1S/C24H21F/c1-18-7-3-5-9-21(18)13-11-20-12-14-23(24(25)17-20)16-15-22-10-6-4-8-19(22)2/h3-17H,1-2H3/b13-11+,16-15+. The first-order valence-corrected chi connectivity index (χ1v) is 8.40. The van der Waals surface area contributed by atoms with Crippen LogP contribution in [0.5, 0.6) is 0 Å². The van der Waals surface area contributed by atoms with E-state index < -0.39 is 0 Å². The van der Waals surface area contributed by atoms with E-state index in [-0.39, 0.29) is 5.82 Å². The van der Waals surface area contributed by atoms with Gasteiger partial charge in [0.2, 0.25) is 0 Å². The predicted octanol–water partition coefficient (Wildman–Crippen LogP) is 6.78. The Hall–Kier alpha value is -2.93. The predicted molar refractivity (Wildman–Crippen MR) is 107 cm³/mol. The summed E-state index contributed by atoms with van der Waals surface area (Å²) in [7, 11) is 0. The minimum Gasteiger partial charge on any atom is -0.206 e. The Morgan fingerprint density at radius 2 is 1.12 bits per heavy atom. The van der Waals surface area contributed by atoms with E-state index in [1.807, 2.05) is 66.8 Å². The number of aryl methyl sites for hydroxylation is 2. The quantitative estimate of drug-likeness (QED) is 0.463. The fraction of sp³-hybridized carbons (Fsp3) is 0.0833. The fourth-order valence-electron chi connectivity index (χ4n) is 2.70. The molecule has 0 aliphatic carbocycles. The van der Waals surface area contributed by atoms with E-state index in [2.05, 4.69) is 32.0 Å². The molecule has 0 radical (unpaired) electrons. The third-order valence-electron chi connectivity index (χ3n) is 4.30. The van der Waals surface area contributed by atoms with Crippen LogP contribution in [0.25, 0.3) is 24.3 Å². The Kier molecular flexibility index (Phi) is 5.25. The van der Waals surface area contributed by atoms with E-state index in [0.717, 1.165) is 16.7 Å². The van der Waals surface area contributed by atoms with Crippen molar-refractivity contribution in [3.8, 4) is 0 Å². The molecule has 0 unspecified atom stereocenters. The van der Waals surface area contributed by atoms with Crippen LogP contribution < -0.4 is 0 Å². The zero-order valence-corrected chi connectivity index (χ0v) is 14.5. The molecule has 0 nitrogen and oxygen atoms in total. The summed E-state index contributed by atoms with van der Waals surface area (Å²) in [4.78, 5) is 0. The Morgan fingerprint density at radius 1 is 0.600 bits per heavy atom. The molecule has 3 rings (SSSR count). The molecule has 0 amide bonds. The summed E-state index contributed by atoms with van der Waals surface area (Å²) in [5, 5.41) is 0. The smallest absolute Gasteiger partial charge is 0.131 e. The maximum atomic E-state index is 14.4. The van der Waals surface area contributed by atoms with Crippen LogP contribution in [0.1, 0.15) is 33.4 Å². The van der Waals surface area contributed by atoms with Crippen LogP contribution in [0.4, 0.5) is 4.39 Å². The van der Waals surface area contributed by atoms with Gasteiger partial charge in [0.1, 0.15) is 5.82 Å². The molecule has 3 aromatic rings. The average molecular weight is 328 g/mol. The summed E-state index contributed by atoms with van der Waals surface area (Å²) in [5.74, 6) is -0.211. The van der Waals surface area contributed by atoms with Gasteiger partial charge in [0.05, 0.1) is 0 Å². The topological polar surface area (TPSA) is 0 Å². The molecule has 0 saturated carbocycles. The van der Waals surface area contributed by atoms with Crippen molar-refractivity contribution in [1.29, 1.82) is 0 Å². The van der Waals surface area contributed by atoms with Gasteiger partial charge in [0.25, 0.3) is 0 Å². The number of hydrogen-bond acceptors (Lipinski definition) is 0. The second-order valence-electron chi connectivity index (χ2n) is 6.16. The molecule has 124 valence electrons. The van der Waals surface area contributed by atoms with Crippen LogP contribution in [0, 0.1) is 19.7 Å². The fourth-order valence-corrected chi connectivity index (χ4v) is 2.70. The highest BCUT2D eigenvalue weighted by Gasteiger charge is 2.00. The van der Waals surface area contributed by atoms with Crippen molar-refractivity contribution in [2.75, 3.05) is 0 Å². The maximum Gasteiger partial charge on any atom is 0.131 e. The number of halogens is 1. The molecule has 0 saturated heterocycles. The summed E-state index contributed by atoms with van der Waals surface area (Å²) in [6, 6.07) is 21.6. The monoisotopic (exact) mass is 328 g/mol. The largest absolute Gasteiger partial charge is 0.206 e. The third-order valence-corrected chi connectivity index (χ3v) is 4.30. The Morgan fingerprint density at radius 3 is 1.68 bits per heavy atom. The van der Waals surface area contributed by atoms with Gasteiger partial charge in [0, 0.05) is 5.56 Å². The molecule has 25 heavy (non-hydrogen) atoms. The minimum absolute atomic E-state index is 0.211. The molecule has 0 aliphatic heterocycles. The van der Waals surface area contributed by atoms with E-state index in [4.69, 9.17) is 0 Å². The summed E-state index contributed by atoms with van der Waals surface area (Å²) in [6.07, 6.45) is 7.75. The second kappa shape index (κ2) is 7.76. The second-order valence-corrected chi connectivity index (χ2v) is 6.16. The number of rotatable bonds is 4. The molecular weight excluding hydrogens is 307 g/mol. The summed E-state index contributed by atoms with van der Waals surface area (Å²) >= 11 is 0. The van der Waals surface area contributed by atoms with Crippen LogP contribution in [-0.4, -0.2) is 0 Å². The van der Waals surface area contributed by atoms with Crippen molar-refractivity contribution in [2.45, 2.75) is 13.8 Å². The number of benzene rings is 3. The van der Waals surface area contributed by atoms with Crippen molar-refractivity contribution in [3.63, 3.8) is 0 Å². The summed E-state index contributed by atoms with van der Waals surface area (Å²) in [6.45, 7) is 4.12. The van der Waals surface area contributed by atoms with Gasteiger partial charge >= 0.3 is 0 Å². The first kappa shape index (κ1) is 16.9. The van der Waals surface area contributed by atoms with E-state index in [1.54, 1.807) is 6.07 Å². The molecular formula is C24H21F. The van der Waals surface area contributed by atoms with Gasteiger partial charge in [-0.05, 0) is 47.7 Å². The molecule has 3 aromatic carbocycles. The average Bonchev–Trinajstić information content (AvgIpc) is 2.61. The molecule has 0 aromatic heterocycles. The first-order chi connectivity index (χ1) is 12.1. The highest BCUT2D eigenvalue weighted by atomic mass is 19.1. The van der Waals surface area contributed by atoms with Crippen LogP contribution in [-0.2, 0) is 0 Å². The van der Waals surface area contributed by atoms with Gasteiger partial charge in [-0.2, -0.15) is 0 Å². The van der Waals surface area contributed by atoms with Gasteiger partial charge < -0.3 is 0 Å². The molecule has 0 spiro atoms. The highest BCUT2D eigenvalue weighted by Crippen LogP contribution is 2.18. The lowest BCUT2D eigenvalue weighted by atomic mass is 10.0. The molecule has 0 bridgehead atoms. The minimum atomic E-state index is -0.211. The Bertz CT molecular complexity index is 932. The maximum absolute atomic E-state index is 14.4. The van der Waals surface area contributed by atoms with Crippen molar-refractivity contribution < 1.29 is 4.39 Å². The Labute approximate surface area is 149 Å². The molecule has 0 atom stereocenters. The zero-order chi connectivity index (χ0) is 17.6. The van der Waals surface area contributed by atoms with Crippen molar-refractivity contribution >= 4 is 24.3 Å². The van der Waals surface area contributed by atoms with Crippen LogP contribution in [0.2, 0.25) is 0 Å². The van der Waals surface area contributed by atoms with Gasteiger partial charge in [-0.25, -0.2) is 4.39 Å². The van der Waals surface area contributed by atoms with Crippen LogP contribution >= 0.6 is 0 Å². The molecule has 0 N–H and O–H groups in total. The van der Waals surface area contributed by atoms with E-state index in [0.29, 0.717) is 5.56 Å². The Balaban J connectivity index is 1.79. The molecule has 1 heteroatoms. The highest BCUT2D eigenvalue weighted by molar-refractivity contribution is 5.74. The van der Waals surface area contributed by atoms with Crippen molar-refractivity contribution in [1.82, 2.24) is 0 Å². The summed E-state index contributed by atoms with van der Waals surface area (Å²) < 4.78 is 14.4. The third kappa shape index (κ3) is 4.33. The van der Waals surface area contributed by atoms with Crippen LogP contribution in [0.15, 0.2) is 66.7 Å². The summed E-state index contributed by atoms with van der Waals surface area (Å²) in [5.41, 5.74) is 6.08. The van der Waals surface area contributed by atoms with Gasteiger partial charge in [0.15, 0.2) is 0 Å². The lowest BCUT2D eigenvalue weighted by Gasteiger charge is -2.02. The lowest BCUT2D eigenvalue weighted by Crippen LogP contribution is -1.85. The molecule has 0 heterocycles. The van der Waals surface area contributed by atoms with E-state index in [1.165, 1.54) is 11.1 Å². The SMILES string of the molecule is Cc1ccccc1/C=C/c1ccc(/C=C/c2ccccc2C)c(F)c1. The zero-order valence-electron chi connectivity index (χ0n) is 14.5. The van der Waals surface area contributed by atoms with E-state index >= 15 is 0 Å². The van der Waals surface area contributed by atoms with Crippen molar-refractivity contribution in [3.05, 3.63) is 106 Å². The normalized spacial score (nSPS) is 11.5. The van der Waals surface area contributed by atoms with Gasteiger partial charge in [-0.1, -0.05) is 85.0 Å². The molecule has 0 fully saturated rings. The number of hydrogen-bond donors (Lipinski definition) is 0. The van der Waals surface area contributed by atoms with Crippen LogP contribution in [0.3, 0.4) is 0 Å². The van der Waals surface area contributed by atoms with Gasteiger partial charge in [-0.15, -0.1) is 0 Å². The van der Waals surface area contributed by atoms with Gasteiger partial charge in [-0.3, -0.25) is 0 Å².